The zero-order chi connectivity index (χ0) is 17.1. The minimum Gasteiger partial charge on any atom is -0.452 e. The molecule has 2 amide bonds. The van der Waals surface area contributed by atoms with Crippen molar-refractivity contribution < 1.29 is 23.9 Å². The van der Waals surface area contributed by atoms with E-state index in [1.54, 1.807) is 38.1 Å². The highest BCUT2D eigenvalue weighted by atomic mass is 16.5. The summed E-state index contributed by atoms with van der Waals surface area (Å²) in [5, 5.41) is 0. The van der Waals surface area contributed by atoms with Crippen molar-refractivity contribution in [2.45, 2.75) is 13.8 Å². The normalized spacial score (nSPS) is 10.7. The Morgan fingerprint density at radius 1 is 1.13 bits per heavy atom. The second-order valence-electron chi connectivity index (χ2n) is 5.00. The van der Waals surface area contributed by atoms with Crippen LogP contribution >= 0.6 is 0 Å². The van der Waals surface area contributed by atoms with Gasteiger partial charge in [0.25, 0.3) is 0 Å². The Bertz CT molecular complexity index is 766. The van der Waals surface area contributed by atoms with Crippen LogP contribution in [-0.2, 0) is 14.3 Å². The highest BCUT2D eigenvalue weighted by Gasteiger charge is 2.33. The van der Waals surface area contributed by atoms with E-state index in [4.69, 9.17) is 4.74 Å². The van der Waals surface area contributed by atoms with E-state index in [9.17, 15) is 14.4 Å². The number of imidazole rings is 1. The van der Waals surface area contributed by atoms with E-state index in [1.165, 1.54) is 7.11 Å². The molecular formula is C15H17N3O5. The Kier molecular flexibility index (Phi) is 4.63. The molecule has 1 aromatic carbocycles. The molecule has 0 aliphatic heterocycles. The zero-order valence-electron chi connectivity index (χ0n) is 13.3. The molecule has 0 atom stereocenters. The number of nitrogens with zero attached hydrogens (tertiary/aromatic N) is 3. The summed E-state index contributed by atoms with van der Waals surface area (Å²) in [6, 6.07) is 6.74. The van der Waals surface area contributed by atoms with Crippen molar-refractivity contribution in [3.8, 4) is 0 Å². The maximum atomic E-state index is 12.4. The van der Waals surface area contributed by atoms with Gasteiger partial charge in [-0.15, -0.1) is 0 Å². The topological polar surface area (TPSA) is 90.7 Å². The monoisotopic (exact) mass is 319 g/mol. The third kappa shape index (κ3) is 2.87. The standard InChI is InChI=1S/C15H17N3O5/c1-9(2)12(19)18(15(21)23-4)13-16-10-7-5-6-8-11(10)17(13)14(20)22-3/h5-9H,1-4H3. The van der Waals surface area contributed by atoms with Crippen molar-refractivity contribution in [3.05, 3.63) is 24.3 Å². The van der Waals surface area contributed by atoms with Gasteiger partial charge in [-0.25, -0.2) is 19.1 Å². The molecule has 23 heavy (non-hydrogen) atoms. The smallest absolute Gasteiger partial charge is 0.423 e. The number of carbonyl (C=O) groups excluding carboxylic acids is 3. The summed E-state index contributed by atoms with van der Waals surface area (Å²) >= 11 is 0. The summed E-state index contributed by atoms with van der Waals surface area (Å²) in [6.45, 7) is 3.26. The highest BCUT2D eigenvalue weighted by Crippen LogP contribution is 2.24. The number of methoxy groups -OCH3 is 2. The lowest BCUT2D eigenvalue weighted by molar-refractivity contribution is -0.121. The Morgan fingerprint density at radius 2 is 1.78 bits per heavy atom. The summed E-state index contributed by atoms with van der Waals surface area (Å²) in [6.07, 6.45) is -1.69. The van der Waals surface area contributed by atoms with Gasteiger partial charge in [-0.2, -0.15) is 4.90 Å². The number of benzene rings is 1. The van der Waals surface area contributed by atoms with Crippen LogP contribution in [0, 0.1) is 5.92 Å². The Hall–Kier alpha value is -2.90. The van der Waals surface area contributed by atoms with E-state index in [0.29, 0.717) is 11.0 Å². The van der Waals surface area contributed by atoms with Gasteiger partial charge in [0, 0.05) is 5.92 Å². The van der Waals surface area contributed by atoms with Crippen molar-refractivity contribution in [1.29, 1.82) is 0 Å². The minimum atomic E-state index is -0.927. The van der Waals surface area contributed by atoms with Gasteiger partial charge in [0.05, 0.1) is 25.3 Å². The second-order valence-corrected chi connectivity index (χ2v) is 5.00. The number of amides is 2. The second kappa shape index (κ2) is 6.47. The van der Waals surface area contributed by atoms with Crippen molar-refractivity contribution in [2.24, 2.45) is 5.92 Å². The lowest BCUT2D eigenvalue weighted by Gasteiger charge is -2.20. The van der Waals surface area contributed by atoms with Gasteiger partial charge >= 0.3 is 12.2 Å². The molecule has 1 heterocycles. The fourth-order valence-electron chi connectivity index (χ4n) is 2.05. The first-order valence-corrected chi connectivity index (χ1v) is 6.90. The lowest BCUT2D eigenvalue weighted by atomic mass is 10.2. The van der Waals surface area contributed by atoms with Crippen LogP contribution in [0.5, 0.6) is 0 Å². The molecule has 0 bridgehead atoms. The molecule has 0 aliphatic rings. The number of carbonyl (C=O) groups is 3. The van der Waals surface area contributed by atoms with E-state index in [2.05, 4.69) is 9.72 Å². The minimum absolute atomic E-state index is 0.163. The average Bonchev–Trinajstić information content (AvgIpc) is 2.92. The molecule has 0 fully saturated rings. The predicted octanol–water partition coefficient (Wildman–Crippen LogP) is 2.41. The Balaban J connectivity index is 2.74. The first-order valence-electron chi connectivity index (χ1n) is 6.90. The summed E-state index contributed by atoms with van der Waals surface area (Å²) < 4.78 is 10.5. The number of hydrogen-bond donors (Lipinski definition) is 0. The molecular weight excluding hydrogens is 302 g/mol. The molecule has 0 radical (unpaired) electrons. The first-order chi connectivity index (χ1) is 10.9. The number of para-hydroxylation sites is 2. The van der Waals surface area contributed by atoms with Gasteiger partial charge in [0.1, 0.15) is 0 Å². The molecule has 1 aromatic heterocycles. The van der Waals surface area contributed by atoms with Crippen LogP contribution in [0.4, 0.5) is 15.5 Å². The molecule has 0 N–H and O–H groups in total. The number of hydrogen-bond acceptors (Lipinski definition) is 6. The van der Waals surface area contributed by atoms with Crippen LogP contribution in [-0.4, -0.2) is 41.9 Å². The maximum absolute atomic E-state index is 12.4. The number of imide groups is 1. The first kappa shape index (κ1) is 16.5. The number of fused-ring (bicyclic) bond motifs is 1. The molecule has 2 rings (SSSR count). The number of anilines is 1. The van der Waals surface area contributed by atoms with Gasteiger partial charge in [-0.3, -0.25) is 4.79 Å². The molecule has 0 unspecified atom stereocenters. The number of ether oxygens (including phenoxy) is 2. The molecule has 8 nitrogen and oxygen atoms in total. The zero-order valence-corrected chi connectivity index (χ0v) is 13.3. The van der Waals surface area contributed by atoms with Crippen LogP contribution < -0.4 is 4.90 Å². The molecule has 0 aliphatic carbocycles. The quantitative estimate of drug-likeness (QED) is 0.844. The highest BCUT2D eigenvalue weighted by molar-refractivity contribution is 6.13. The van der Waals surface area contributed by atoms with Crippen LogP contribution in [0.15, 0.2) is 24.3 Å². The van der Waals surface area contributed by atoms with E-state index in [-0.39, 0.29) is 5.95 Å². The van der Waals surface area contributed by atoms with Crippen molar-refractivity contribution in [3.63, 3.8) is 0 Å². The van der Waals surface area contributed by atoms with Gasteiger partial charge in [-0.1, -0.05) is 26.0 Å². The fourth-order valence-corrected chi connectivity index (χ4v) is 2.05. The van der Waals surface area contributed by atoms with Crippen molar-refractivity contribution in [1.82, 2.24) is 9.55 Å². The summed E-state index contributed by atoms with van der Waals surface area (Å²) in [5.74, 6) is -1.21. The van der Waals surface area contributed by atoms with Gasteiger partial charge in [0.2, 0.25) is 11.9 Å². The van der Waals surface area contributed by atoms with Gasteiger partial charge in [0.15, 0.2) is 0 Å². The van der Waals surface area contributed by atoms with Gasteiger partial charge < -0.3 is 9.47 Å². The Morgan fingerprint density at radius 3 is 2.35 bits per heavy atom. The number of rotatable bonds is 2. The van der Waals surface area contributed by atoms with Crippen molar-refractivity contribution in [2.75, 3.05) is 19.1 Å². The third-order valence-corrected chi connectivity index (χ3v) is 3.17. The van der Waals surface area contributed by atoms with E-state index < -0.39 is 24.0 Å². The van der Waals surface area contributed by atoms with Crippen LogP contribution in [0.3, 0.4) is 0 Å². The largest absolute Gasteiger partial charge is 0.452 e. The fraction of sp³-hybridized carbons (Fsp3) is 0.333. The molecule has 8 heteroatoms. The van der Waals surface area contributed by atoms with E-state index in [0.717, 1.165) is 16.6 Å². The molecule has 0 saturated carbocycles. The number of aromatic nitrogens is 2. The Labute approximate surface area is 132 Å². The van der Waals surface area contributed by atoms with Crippen LogP contribution in [0.1, 0.15) is 13.8 Å². The summed E-state index contributed by atoms with van der Waals surface area (Å²) in [5.41, 5.74) is 0.859. The summed E-state index contributed by atoms with van der Waals surface area (Å²) in [7, 11) is 2.35. The average molecular weight is 319 g/mol. The molecule has 0 spiro atoms. The van der Waals surface area contributed by atoms with Gasteiger partial charge in [-0.05, 0) is 12.1 Å². The van der Waals surface area contributed by atoms with Crippen LogP contribution in [0.25, 0.3) is 11.0 Å². The van der Waals surface area contributed by atoms with Crippen LogP contribution in [0.2, 0.25) is 0 Å². The molecule has 0 saturated heterocycles. The van der Waals surface area contributed by atoms with E-state index >= 15 is 0 Å². The molecule has 2 aromatic rings. The lowest BCUT2D eigenvalue weighted by Crippen LogP contribution is -2.42. The summed E-state index contributed by atoms with van der Waals surface area (Å²) in [4.78, 5) is 41.6. The van der Waals surface area contributed by atoms with E-state index in [1.807, 2.05) is 0 Å². The maximum Gasteiger partial charge on any atom is 0.423 e. The SMILES string of the molecule is COC(=O)N(C(=O)C(C)C)c1nc2ccccc2n1C(=O)OC. The van der Waals surface area contributed by atoms with Crippen molar-refractivity contribution >= 4 is 35.1 Å². The molecule has 122 valence electrons. The third-order valence-electron chi connectivity index (χ3n) is 3.17. The predicted molar refractivity (Wildman–Crippen MR) is 82.3 cm³/mol.